The molecule has 42 heavy (non-hydrogen) atoms. The zero-order chi connectivity index (χ0) is 31.1. The molecule has 0 amide bonds. The summed E-state index contributed by atoms with van der Waals surface area (Å²) in [6.45, 7) is 6.26. The Morgan fingerprint density at radius 2 is 1.12 bits per heavy atom. The molecule has 0 spiro atoms. The van der Waals surface area contributed by atoms with Crippen molar-refractivity contribution in [2.24, 2.45) is 5.92 Å². The minimum absolute atomic E-state index is 0.152. The van der Waals surface area contributed by atoms with Crippen LogP contribution in [-0.2, 0) is 19.1 Å². The van der Waals surface area contributed by atoms with Crippen LogP contribution >= 0.6 is 0 Å². The molecule has 0 bridgehead atoms. The van der Waals surface area contributed by atoms with Gasteiger partial charge in [0.15, 0.2) is 0 Å². The molecule has 0 aromatic carbocycles. The van der Waals surface area contributed by atoms with Crippen molar-refractivity contribution in [2.45, 2.75) is 136 Å². The molecule has 0 heterocycles. The molecule has 1 unspecified atom stereocenters. The molecular weight excluding hydrogens is 528 g/mol. The molecule has 0 aliphatic carbocycles. The van der Waals surface area contributed by atoms with Gasteiger partial charge in [0.05, 0.1) is 6.10 Å². The van der Waals surface area contributed by atoms with Crippen LogP contribution < -0.4 is 0 Å². The van der Waals surface area contributed by atoms with E-state index in [0.29, 0.717) is 19.3 Å². The lowest BCUT2D eigenvalue weighted by molar-refractivity contribution is -0.152. The SMILES string of the molecule is CC/C=C\C/C=C\C/C=C\C/C=C\C=C\C(O)CCCC(=O)OC[C@@H](O)COC(=O)CCCCCCCCCC(C)C. The van der Waals surface area contributed by atoms with Crippen LogP contribution in [0.5, 0.6) is 0 Å². The summed E-state index contributed by atoms with van der Waals surface area (Å²) < 4.78 is 10.2. The molecular formula is C36H60O6. The number of carbonyl (C=O) groups is 2. The fourth-order valence-electron chi connectivity index (χ4n) is 4.06. The van der Waals surface area contributed by atoms with Crippen molar-refractivity contribution in [3.63, 3.8) is 0 Å². The third kappa shape index (κ3) is 30.5. The second-order valence-corrected chi connectivity index (χ2v) is 11.2. The van der Waals surface area contributed by atoms with E-state index < -0.39 is 18.2 Å². The van der Waals surface area contributed by atoms with Crippen LogP contribution in [0.3, 0.4) is 0 Å². The van der Waals surface area contributed by atoms with Gasteiger partial charge in [0.2, 0.25) is 0 Å². The number of hydrogen-bond acceptors (Lipinski definition) is 6. The number of rotatable bonds is 27. The number of esters is 2. The van der Waals surface area contributed by atoms with Gasteiger partial charge in [-0.15, -0.1) is 0 Å². The van der Waals surface area contributed by atoms with Crippen LogP contribution in [0.2, 0.25) is 0 Å². The van der Waals surface area contributed by atoms with Crippen molar-refractivity contribution >= 4 is 11.9 Å². The van der Waals surface area contributed by atoms with Gasteiger partial charge < -0.3 is 19.7 Å². The maximum atomic E-state index is 11.9. The zero-order valence-electron chi connectivity index (χ0n) is 26.8. The molecule has 0 aromatic rings. The topological polar surface area (TPSA) is 93.1 Å². The summed E-state index contributed by atoms with van der Waals surface area (Å²) in [7, 11) is 0. The summed E-state index contributed by atoms with van der Waals surface area (Å²) in [5, 5.41) is 20.0. The van der Waals surface area contributed by atoms with E-state index in [4.69, 9.17) is 9.47 Å². The first-order valence-electron chi connectivity index (χ1n) is 16.3. The molecule has 0 radical (unpaired) electrons. The Hall–Kier alpha value is -2.44. The van der Waals surface area contributed by atoms with Crippen LogP contribution in [0.15, 0.2) is 60.8 Å². The third-order valence-electron chi connectivity index (χ3n) is 6.55. The Morgan fingerprint density at radius 1 is 0.619 bits per heavy atom. The fraction of sp³-hybridized carbons (Fsp3) is 0.667. The number of aliphatic hydroxyl groups is 2. The molecule has 0 fully saturated rings. The summed E-state index contributed by atoms with van der Waals surface area (Å²) in [4.78, 5) is 23.8. The summed E-state index contributed by atoms with van der Waals surface area (Å²) >= 11 is 0. The van der Waals surface area contributed by atoms with Gasteiger partial charge in [0.1, 0.15) is 19.3 Å². The van der Waals surface area contributed by atoms with Gasteiger partial charge in [-0.3, -0.25) is 9.59 Å². The maximum absolute atomic E-state index is 11.9. The Bertz CT molecular complexity index is 793. The molecule has 240 valence electrons. The van der Waals surface area contributed by atoms with Crippen molar-refractivity contribution in [3.05, 3.63) is 60.8 Å². The first-order valence-corrected chi connectivity index (χ1v) is 16.3. The molecule has 2 atom stereocenters. The summed E-state index contributed by atoms with van der Waals surface area (Å²) in [6, 6.07) is 0. The van der Waals surface area contributed by atoms with E-state index in [1.165, 1.54) is 32.1 Å². The highest BCUT2D eigenvalue weighted by Gasteiger charge is 2.12. The number of unbranched alkanes of at least 4 members (excludes halogenated alkanes) is 6. The van der Waals surface area contributed by atoms with E-state index in [2.05, 4.69) is 57.2 Å². The van der Waals surface area contributed by atoms with Gasteiger partial charge in [-0.25, -0.2) is 0 Å². The molecule has 0 aliphatic heterocycles. The van der Waals surface area contributed by atoms with Gasteiger partial charge >= 0.3 is 11.9 Å². The van der Waals surface area contributed by atoms with Gasteiger partial charge in [-0.2, -0.15) is 0 Å². The van der Waals surface area contributed by atoms with Gasteiger partial charge in [-0.1, -0.05) is 126 Å². The summed E-state index contributed by atoms with van der Waals surface area (Å²) in [5.41, 5.74) is 0. The molecule has 2 N–H and O–H groups in total. The molecule has 0 aromatic heterocycles. The van der Waals surface area contributed by atoms with Crippen LogP contribution in [0.1, 0.15) is 124 Å². The Morgan fingerprint density at radius 3 is 1.69 bits per heavy atom. The predicted molar refractivity (Wildman–Crippen MR) is 174 cm³/mol. The molecule has 6 heteroatoms. The highest BCUT2D eigenvalue weighted by Crippen LogP contribution is 2.13. The largest absolute Gasteiger partial charge is 0.463 e. The van der Waals surface area contributed by atoms with Crippen LogP contribution in [-0.4, -0.2) is 47.6 Å². The van der Waals surface area contributed by atoms with Gasteiger partial charge in [-0.05, 0) is 50.9 Å². The third-order valence-corrected chi connectivity index (χ3v) is 6.55. The Kier molecular flexibility index (Phi) is 28.3. The van der Waals surface area contributed by atoms with E-state index in [-0.39, 0.29) is 25.6 Å². The fourth-order valence-corrected chi connectivity index (χ4v) is 4.06. The van der Waals surface area contributed by atoms with E-state index >= 15 is 0 Å². The lowest BCUT2D eigenvalue weighted by Gasteiger charge is -2.12. The number of aliphatic hydroxyl groups excluding tert-OH is 2. The molecule has 6 nitrogen and oxygen atoms in total. The highest BCUT2D eigenvalue weighted by molar-refractivity contribution is 5.69. The van der Waals surface area contributed by atoms with Crippen molar-refractivity contribution in [1.29, 1.82) is 0 Å². The number of carbonyl (C=O) groups excluding carboxylic acids is 2. The number of hydrogen-bond donors (Lipinski definition) is 2. The van der Waals surface area contributed by atoms with Crippen molar-refractivity contribution in [2.75, 3.05) is 13.2 Å². The van der Waals surface area contributed by atoms with Crippen molar-refractivity contribution in [1.82, 2.24) is 0 Å². The second kappa shape index (κ2) is 30.0. The average molecular weight is 589 g/mol. The van der Waals surface area contributed by atoms with Crippen molar-refractivity contribution in [3.8, 4) is 0 Å². The summed E-state index contributed by atoms with van der Waals surface area (Å²) in [6.07, 6.45) is 33.2. The average Bonchev–Trinajstić information content (AvgIpc) is 2.96. The highest BCUT2D eigenvalue weighted by atomic mass is 16.6. The molecule has 0 rings (SSSR count). The first-order chi connectivity index (χ1) is 20.3. The second-order valence-electron chi connectivity index (χ2n) is 11.2. The molecule has 0 aliphatic rings. The quantitative estimate of drug-likeness (QED) is 0.0433. The monoisotopic (exact) mass is 588 g/mol. The lowest BCUT2D eigenvalue weighted by Crippen LogP contribution is -2.25. The minimum Gasteiger partial charge on any atom is -0.463 e. The predicted octanol–water partition coefficient (Wildman–Crippen LogP) is 8.49. The van der Waals surface area contributed by atoms with Gasteiger partial charge in [0, 0.05) is 12.8 Å². The Labute approximate surface area is 256 Å². The maximum Gasteiger partial charge on any atom is 0.305 e. The normalized spacial score (nSPS) is 13.9. The zero-order valence-corrected chi connectivity index (χ0v) is 26.8. The molecule has 0 saturated carbocycles. The Balaban J connectivity index is 3.73. The number of allylic oxidation sites excluding steroid dienone is 9. The van der Waals surface area contributed by atoms with E-state index in [9.17, 15) is 19.8 Å². The lowest BCUT2D eigenvalue weighted by atomic mass is 10.0. The van der Waals surface area contributed by atoms with Crippen LogP contribution in [0.25, 0.3) is 0 Å². The number of ether oxygens (including phenoxy) is 2. The van der Waals surface area contributed by atoms with E-state index in [1.54, 1.807) is 6.08 Å². The van der Waals surface area contributed by atoms with Crippen LogP contribution in [0, 0.1) is 5.92 Å². The standard InChI is InChI=1S/C36H60O6/c1-4-5-6-7-8-9-10-11-12-13-16-19-22-26-33(37)27-24-29-36(40)42-31-34(38)30-41-35(39)28-23-20-17-14-15-18-21-25-32(2)3/h5-6,8-9,11-12,16,19,22,26,32-34,37-38H,4,7,10,13-15,17-18,20-21,23-25,27-31H2,1-3H3/b6-5-,9-8-,12-11-,19-16-,26-22+/t33?,34-/m0/s1. The van der Waals surface area contributed by atoms with Crippen molar-refractivity contribution < 1.29 is 29.3 Å². The van der Waals surface area contributed by atoms with Gasteiger partial charge in [0.25, 0.3) is 0 Å². The smallest absolute Gasteiger partial charge is 0.305 e. The first kappa shape index (κ1) is 39.6. The molecule has 0 saturated heterocycles. The van der Waals surface area contributed by atoms with E-state index in [0.717, 1.165) is 50.9 Å². The van der Waals surface area contributed by atoms with E-state index in [1.807, 2.05) is 18.2 Å². The minimum atomic E-state index is -1.04. The van der Waals surface area contributed by atoms with Crippen LogP contribution in [0.4, 0.5) is 0 Å². The summed E-state index contributed by atoms with van der Waals surface area (Å²) in [5.74, 6) is 0.00634.